The van der Waals surface area contributed by atoms with Crippen LogP contribution in [-0.2, 0) is 18.4 Å². The van der Waals surface area contributed by atoms with Crippen LogP contribution in [0.2, 0.25) is 0 Å². The molecule has 5 nitrogen and oxygen atoms in total. The summed E-state index contributed by atoms with van der Waals surface area (Å²) in [4.78, 5) is 14.5. The Morgan fingerprint density at radius 3 is 2.92 bits per heavy atom. The predicted molar refractivity (Wildman–Crippen MR) is 94.7 cm³/mol. The number of aromatic nitrogens is 2. The van der Waals surface area contributed by atoms with Gasteiger partial charge in [-0.3, -0.25) is 9.48 Å². The molecule has 0 bridgehead atoms. The normalized spacial score (nSPS) is 17.0. The van der Waals surface area contributed by atoms with E-state index >= 15 is 0 Å². The first-order chi connectivity index (χ1) is 12.2. The molecule has 0 saturated heterocycles. The monoisotopic (exact) mass is 333 g/mol. The topological polar surface area (TPSA) is 51.3 Å². The average Bonchev–Trinajstić information content (AvgIpc) is 3.30. The third kappa shape index (κ3) is 3.13. The fourth-order valence-corrected chi connectivity index (χ4v) is 3.32. The first kappa shape index (κ1) is 15.4. The van der Waals surface area contributed by atoms with Crippen molar-refractivity contribution in [2.75, 3.05) is 6.54 Å². The third-order valence-electron chi connectivity index (χ3n) is 4.57. The first-order valence-electron chi connectivity index (χ1n) is 8.27. The zero-order valence-electron chi connectivity index (χ0n) is 14.0. The summed E-state index contributed by atoms with van der Waals surface area (Å²) >= 11 is 0. The van der Waals surface area contributed by atoms with Crippen molar-refractivity contribution >= 4 is 12.0 Å². The Bertz CT molecular complexity index is 909. The number of hydrogen-bond acceptors (Lipinski definition) is 3. The number of carbonyl (C=O) groups is 1. The van der Waals surface area contributed by atoms with Gasteiger partial charge in [0.05, 0.1) is 12.5 Å². The van der Waals surface area contributed by atoms with Gasteiger partial charge in [-0.1, -0.05) is 24.3 Å². The average molecular weight is 333 g/mol. The quantitative estimate of drug-likeness (QED) is 0.692. The Hall–Kier alpha value is -3.08. The lowest BCUT2D eigenvalue weighted by molar-refractivity contribution is -0.127. The van der Waals surface area contributed by atoms with E-state index in [9.17, 15) is 4.79 Å². The smallest absolute Gasteiger partial charge is 0.247 e. The number of amides is 1. The van der Waals surface area contributed by atoms with Gasteiger partial charge in [0.25, 0.3) is 0 Å². The second-order valence-corrected chi connectivity index (χ2v) is 6.27. The van der Waals surface area contributed by atoms with Crippen LogP contribution in [0, 0.1) is 0 Å². The number of carbonyl (C=O) groups excluding carboxylic acids is 1. The number of nitrogens with zero attached hydrogens (tertiary/aromatic N) is 3. The van der Waals surface area contributed by atoms with E-state index in [4.69, 9.17) is 4.42 Å². The maximum Gasteiger partial charge on any atom is 0.247 e. The fraction of sp³-hybridized carbons (Fsp3) is 0.200. The second kappa shape index (κ2) is 6.43. The van der Waals surface area contributed by atoms with Crippen LogP contribution in [0.25, 0.3) is 6.08 Å². The van der Waals surface area contributed by atoms with Crippen LogP contribution in [-0.4, -0.2) is 27.1 Å². The largest absolute Gasteiger partial charge is 0.465 e. The van der Waals surface area contributed by atoms with Crippen LogP contribution >= 0.6 is 0 Å². The molecular formula is C20H19N3O2. The molecule has 3 aromatic rings. The number of fused-ring (bicyclic) bond motifs is 1. The number of rotatable bonds is 3. The van der Waals surface area contributed by atoms with Gasteiger partial charge < -0.3 is 9.32 Å². The highest BCUT2D eigenvalue weighted by atomic mass is 16.3. The second-order valence-electron chi connectivity index (χ2n) is 6.27. The predicted octanol–water partition coefficient (Wildman–Crippen LogP) is 3.20. The van der Waals surface area contributed by atoms with Gasteiger partial charge >= 0.3 is 0 Å². The Morgan fingerprint density at radius 1 is 1.28 bits per heavy atom. The maximum atomic E-state index is 12.7. The van der Waals surface area contributed by atoms with Gasteiger partial charge in [0, 0.05) is 38.3 Å². The van der Waals surface area contributed by atoms with E-state index in [1.807, 2.05) is 36.5 Å². The molecule has 2 aromatic heterocycles. The molecule has 0 radical (unpaired) electrons. The zero-order chi connectivity index (χ0) is 17.2. The molecule has 126 valence electrons. The van der Waals surface area contributed by atoms with Gasteiger partial charge in [0.15, 0.2) is 0 Å². The standard InChI is InChI=1S/C20H19N3O2/c1-22-12-16(11-21-22)19-14-23(13-15-5-2-3-7-18(15)19)20(24)9-8-17-6-4-10-25-17/h2-12,19H,13-14H2,1H3/b9-8+. The van der Waals surface area contributed by atoms with E-state index < -0.39 is 0 Å². The highest BCUT2D eigenvalue weighted by Crippen LogP contribution is 2.33. The van der Waals surface area contributed by atoms with Crippen molar-refractivity contribution in [3.05, 3.63) is 83.6 Å². The van der Waals surface area contributed by atoms with E-state index in [2.05, 4.69) is 23.3 Å². The first-order valence-corrected chi connectivity index (χ1v) is 8.27. The summed E-state index contributed by atoms with van der Waals surface area (Å²) in [5.74, 6) is 0.800. The molecule has 1 unspecified atom stereocenters. The van der Waals surface area contributed by atoms with Gasteiger partial charge in [0.1, 0.15) is 5.76 Å². The summed E-state index contributed by atoms with van der Waals surface area (Å²) in [6, 6.07) is 11.9. The highest BCUT2D eigenvalue weighted by molar-refractivity contribution is 5.91. The summed E-state index contributed by atoms with van der Waals surface area (Å²) in [6.45, 7) is 1.26. The summed E-state index contributed by atoms with van der Waals surface area (Å²) in [6.07, 6.45) is 8.79. The van der Waals surface area contributed by atoms with Gasteiger partial charge in [-0.2, -0.15) is 5.10 Å². The van der Waals surface area contributed by atoms with Crippen molar-refractivity contribution in [1.29, 1.82) is 0 Å². The number of aryl methyl sites for hydroxylation is 1. The van der Waals surface area contributed by atoms with Gasteiger partial charge in [-0.05, 0) is 34.9 Å². The SMILES string of the molecule is Cn1cc(C2CN(C(=O)/C=C/c3ccco3)Cc3ccccc32)cn1. The number of furan rings is 1. The van der Waals surface area contributed by atoms with Crippen LogP contribution in [0.1, 0.15) is 28.4 Å². The summed E-state index contributed by atoms with van der Waals surface area (Å²) in [5.41, 5.74) is 3.58. The molecular weight excluding hydrogens is 314 g/mol. The Morgan fingerprint density at radius 2 is 2.16 bits per heavy atom. The van der Waals surface area contributed by atoms with Gasteiger partial charge in [-0.25, -0.2) is 0 Å². The lowest BCUT2D eigenvalue weighted by atomic mass is 9.86. The van der Waals surface area contributed by atoms with Crippen LogP contribution in [0.15, 0.2) is 65.5 Å². The van der Waals surface area contributed by atoms with Crippen molar-refractivity contribution in [2.45, 2.75) is 12.5 Å². The van der Waals surface area contributed by atoms with E-state index in [0.717, 1.165) is 5.56 Å². The fourth-order valence-electron chi connectivity index (χ4n) is 3.32. The molecule has 1 aliphatic heterocycles. The summed E-state index contributed by atoms with van der Waals surface area (Å²) in [5, 5.41) is 4.29. The molecule has 0 aliphatic carbocycles. The minimum atomic E-state index is -0.0141. The Balaban J connectivity index is 1.62. The zero-order valence-corrected chi connectivity index (χ0v) is 14.0. The molecule has 3 heterocycles. The molecule has 5 heteroatoms. The molecule has 4 rings (SSSR count). The molecule has 0 fully saturated rings. The van der Waals surface area contributed by atoms with Crippen molar-refractivity contribution < 1.29 is 9.21 Å². The van der Waals surface area contributed by atoms with Crippen molar-refractivity contribution in [1.82, 2.24) is 14.7 Å². The lowest BCUT2D eigenvalue weighted by Crippen LogP contribution is -2.37. The van der Waals surface area contributed by atoms with E-state index in [-0.39, 0.29) is 11.8 Å². The van der Waals surface area contributed by atoms with E-state index in [1.54, 1.807) is 29.2 Å². The number of hydrogen-bond donors (Lipinski definition) is 0. The third-order valence-corrected chi connectivity index (χ3v) is 4.57. The minimum Gasteiger partial charge on any atom is -0.465 e. The molecule has 25 heavy (non-hydrogen) atoms. The molecule has 0 spiro atoms. The van der Waals surface area contributed by atoms with Crippen molar-refractivity contribution in [3.8, 4) is 0 Å². The number of benzene rings is 1. The lowest BCUT2D eigenvalue weighted by Gasteiger charge is -2.34. The molecule has 0 N–H and O–H groups in total. The molecule has 1 aliphatic rings. The molecule has 1 aromatic carbocycles. The Kier molecular flexibility index (Phi) is 3.98. The molecule has 0 saturated carbocycles. The Labute approximate surface area is 146 Å². The molecule has 1 atom stereocenters. The van der Waals surface area contributed by atoms with Crippen molar-refractivity contribution in [2.24, 2.45) is 7.05 Å². The van der Waals surface area contributed by atoms with E-state index in [1.165, 1.54) is 11.1 Å². The summed E-state index contributed by atoms with van der Waals surface area (Å²) in [7, 11) is 1.91. The van der Waals surface area contributed by atoms with E-state index in [0.29, 0.717) is 18.8 Å². The van der Waals surface area contributed by atoms with Crippen LogP contribution < -0.4 is 0 Å². The van der Waals surface area contributed by atoms with Crippen molar-refractivity contribution in [3.63, 3.8) is 0 Å². The maximum absolute atomic E-state index is 12.7. The van der Waals surface area contributed by atoms with Crippen LogP contribution in [0.5, 0.6) is 0 Å². The molecule has 1 amide bonds. The van der Waals surface area contributed by atoms with Gasteiger partial charge in [-0.15, -0.1) is 0 Å². The van der Waals surface area contributed by atoms with Gasteiger partial charge in [0.2, 0.25) is 5.91 Å². The minimum absolute atomic E-state index is 0.0141. The van der Waals surface area contributed by atoms with Crippen LogP contribution in [0.4, 0.5) is 0 Å². The van der Waals surface area contributed by atoms with Crippen LogP contribution in [0.3, 0.4) is 0 Å². The highest BCUT2D eigenvalue weighted by Gasteiger charge is 2.28. The summed E-state index contributed by atoms with van der Waals surface area (Å²) < 4.78 is 7.05.